The summed E-state index contributed by atoms with van der Waals surface area (Å²) in [5.74, 6) is -0.431. The molecule has 0 saturated heterocycles. The van der Waals surface area contributed by atoms with Crippen LogP contribution in [0.4, 0.5) is 5.69 Å². The Bertz CT molecular complexity index is 1080. The molecule has 0 aliphatic rings. The fourth-order valence-corrected chi connectivity index (χ4v) is 2.89. The lowest BCUT2D eigenvalue weighted by molar-refractivity contribution is -0.111. The molecule has 3 N–H and O–H groups in total. The second-order valence-electron chi connectivity index (χ2n) is 5.72. The van der Waals surface area contributed by atoms with Gasteiger partial charge in [-0.15, -0.1) is 5.10 Å². The van der Waals surface area contributed by atoms with Crippen LogP contribution in [0.3, 0.4) is 0 Å². The first-order valence-corrected chi connectivity index (χ1v) is 9.51. The van der Waals surface area contributed by atoms with Crippen LogP contribution in [0.25, 0.3) is 6.08 Å². The van der Waals surface area contributed by atoms with Gasteiger partial charge in [0.05, 0.1) is 17.6 Å². The summed E-state index contributed by atoms with van der Waals surface area (Å²) >= 11 is 0. The molecule has 0 atom stereocenters. The molecule has 0 spiro atoms. The van der Waals surface area contributed by atoms with Gasteiger partial charge in [-0.2, -0.15) is 0 Å². The summed E-state index contributed by atoms with van der Waals surface area (Å²) < 4.78 is 24.4. The molecule has 0 saturated carbocycles. The van der Waals surface area contributed by atoms with Crippen molar-refractivity contribution in [3.05, 3.63) is 78.1 Å². The lowest BCUT2D eigenvalue weighted by Crippen LogP contribution is -2.13. The van der Waals surface area contributed by atoms with Crippen LogP contribution in [-0.2, 0) is 21.4 Å². The Morgan fingerprint density at radius 3 is 2.67 bits per heavy atom. The van der Waals surface area contributed by atoms with Crippen molar-refractivity contribution >= 4 is 27.7 Å². The summed E-state index contributed by atoms with van der Waals surface area (Å²) in [6.45, 7) is 0.578. The third-order valence-electron chi connectivity index (χ3n) is 3.58. The molecule has 2 aromatic carbocycles. The monoisotopic (exact) mass is 383 g/mol. The molecule has 1 heterocycles. The van der Waals surface area contributed by atoms with Crippen molar-refractivity contribution in [2.75, 3.05) is 5.32 Å². The number of anilines is 1. The third kappa shape index (κ3) is 5.33. The molecular formula is C18H17N5O3S. The standard InChI is InChI=1S/C18H17N5O3S/c19-27(25,26)17-8-4-7-15(11-17)20-18(24)10-9-16-13-23(22-21-16)12-14-5-2-1-3-6-14/h1-11,13H,12H2,(H,20,24)(H2,19,25,26)/b10-9+. The first-order chi connectivity index (χ1) is 12.9. The van der Waals surface area contributed by atoms with E-state index < -0.39 is 15.9 Å². The smallest absolute Gasteiger partial charge is 0.248 e. The number of hydrogen-bond acceptors (Lipinski definition) is 5. The van der Waals surface area contributed by atoms with Crippen molar-refractivity contribution in [1.29, 1.82) is 0 Å². The van der Waals surface area contributed by atoms with E-state index in [1.807, 2.05) is 30.3 Å². The Labute approximate surface area is 156 Å². The highest BCUT2D eigenvalue weighted by Gasteiger charge is 2.08. The number of nitrogens with one attached hydrogen (secondary N) is 1. The average Bonchev–Trinajstić information content (AvgIpc) is 3.08. The van der Waals surface area contributed by atoms with Gasteiger partial charge in [-0.3, -0.25) is 4.79 Å². The average molecular weight is 383 g/mol. The van der Waals surface area contributed by atoms with E-state index in [1.54, 1.807) is 16.9 Å². The van der Waals surface area contributed by atoms with Gasteiger partial charge in [0.1, 0.15) is 5.69 Å². The lowest BCUT2D eigenvalue weighted by Gasteiger charge is -2.04. The predicted octanol–water partition coefficient (Wildman–Crippen LogP) is 1.63. The second-order valence-corrected chi connectivity index (χ2v) is 7.28. The third-order valence-corrected chi connectivity index (χ3v) is 4.49. The summed E-state index contributed by atoms with van der Waals surface area (Å²) in [5, 5.41) is 15.7. The number of carbonyl (C=O) groups excluding carboxylic acids is 1. The van der Waals surface area contributed by atoms with E-state index in [1.165, 1.54) is 30.4 Å². The van der Waals surface area contributed by atoms with E-state index in [9.17, 15) is 13.2 Å². The zero-order valence-corrected chi connectivity index (χ0v) is 15.0. The molecule has 0 aliphatic carbocycles. The molecule has 138 valence electrons. The minimum atomic E-state index is -3.83. The first kappa shape index (κ1) is 18.5. The van der Waals surface area contributed by atoms with Gasteiger partial charge in [0.15, 0.2) is 0 Å². The van der Waals surface area contributed by atoms with Crippen molar-refractivity contribution in [3.63, 3.8) is 0 Å². The number of nitrogens with two attached hydrogens (primary N) is 1. The summed E-state index contributed by atoms with van der Waals surface area (Å²) in [5.41, 5.74) is 1.94. The molecule has 3 aromatic rings. The highest BCUT2D eigenvalue weighted by Crippen LogP contribution is 2.14. The van der Waals surface area contributed by atoms with Gasteiger partial charge < -0.3 is 5.32 Å². The second kappa shape index (κ2) is 7.94. The van der Waals surface area contributed by atoms with E-state index in [-0.39, 0.29) is 4.90 Å². The van der Waals surface area contributed by atoms with Crippen LogP contribution in [0.2, 0.25) is 0 Å². The molecule has 3 rings (SSSR count). The number of rotatable bonds is 6. The zero-order valence-electron chi connectivity index (χ0n) is 14.2. The van der Waals surface area contributed by atoms with Crippen molar-refractivity contribution in [2.45, 2.75) is 11.4 Å². The van der Waals surface area contributed by atoms with E-state index in [0.29, 0.717) is 17.9 Å². The van der Waals surface area contributed by atoms with Crippen LogP contribution < -0.4 is 10.5 Å². The number of benzene rings is 2. The topological polar surface area (TPSA) is 120 Å². The quantitative estimate of drug-likeness (QED) is 0.627. The number of sulfonamides is 1. The summed E-state index contributed by atoms with van der Waals surface area (Å²) in [4.78, 5) is 11.9. The molecule has 8 nitrogen and oxygen atoms in total. The van der Waals surface area contributed by atoms with Crippen LogP contribution in [0, 0.1) is 0 Å². The molecule has 27 heavy (non-hydrogen) atoms. The van der Waals surface area contributed by atoms with Crippen molar-refractivity contribution in [1.82, 2.24) is 15.0 Å². The van der Waals surface area contributed by atoms with Crippen LogP contribution in [0.5, 0.6) is 0 Å². The first-order valence-electron chi connectivity index (χ1n) is 7.96. The minimum absolute atomic E-state index is 0.0758. The SMILES string of the molecule is NS(=O)(=O)c1cccc(NC(=O)/C=C/c2cn(Cc3ccccc3)nn2)c1. The molecule has 0 unspecified atom stereocenters. The van der Waals surface area contributed by atoms with E-state index >= 15 is 0 Å². The largest absolute Gasteiger partial charge is 0.322 e. The zero-order chi connectivity index (χ0) is 19.3. The normalized spacial score (nSPS) is 11.6. The van der Waals surface area contributed by atoms with Crippen LogP contribution in [0.15, 0.2) is 71.8 Å². The molecule has 0 aliphatic heterocycles. The van der Waals surface area contributed by atoms with Gasteiger partial charge in [-0.1, -0.05) is 41.6 Å². The Kier molecular flexibility index (Phi) is 5.43. The van der Waals surface area contributed by atoms with E-state index in [4.69, 9.17) is 5.14 Å². The van der Waals surface area contributed by atoms with Gasteiger partial charge in [0, 0.05) is 11.8 Å². The number of amides is 1. The summed E-state index contributed by atoms with van der Waals surface area (Å²) in [6.07, 6.45) is 4.53. The Balaban J connectivity index is 1.62. The molecule has 0 fully saturated rings. The van der Waals surface area contributed by atoms with E-state index in [2.05, 4.69) is 15.6 Å². The Morgan fingerprint density at radius 2 is 1.93 bits per heavy atom. The highest BCUT2D eigenvalue weighted by atomic mass is 32.2. The Hall–Kier alpha value is -3.30. The molecule has 0 bridgehead atoms. The number of primary sulfonamides is 1. The van der Waals surface area contributed by atoms with Crippen LogP contribution in [0.1, 0.15) is 11.3 Å². The number of hydrogen-bond donors (Lipinski definition) is 2. The lowest BCUT2D eigenvalue weighted by atomic mass is 10.2. The van der Waals surface area contributed by atoms with Gasteiger partial charge in [-0.05, 0) is 29.8 Å². The Morgan fingerprint density at radius 1 is 1.15 bits per heavy atom. The molecule has 0 radical (unpaired) electrons. The number of nitrogens with zero attached hydrogens (tertiary/aromatic N) is 3. The van der Waals surface area contributed by atoms with E-state index in [0.717, 1.165) is 5.56 Å². The highest BCUT2D eigenvalue weighted by molar-refractivity contribution is 7.89. The molecular weight excluding hydrogens is 366 g/mol. The maximum absolute atomic E-state index is 12.0. The van der Waals surface area contributed by atoms with Crippen molar-refractivity contribution < 1.29 is 13.2 Å². The number of carbonyl (C=O) groups is 1. The summed E-state index contributed by atoms with van der Waals surface area (Å²) in [7, 11) is -3.83. The van der Waals surface area contributed by atoms with Crippen LogP contribution in [-0.4, -0.2) is 29.3 Å². The van der Waals surface area contributed by atoms with Crippen LogP contribution >= 0.6 is 0 Å². The summed E-state index contributed by atoms with van der Waals surface area (Å²) in [6, 6.07) is 15.5. The fourth-order valence-electron chi connectivity index (χ4n) is 2.33. The van der Waals surface area contributed by atoms with Crippen molar-refractivity contribution in [2.24, 2.45) is 5.14 Å². The van der Waals surface area contributed by atoms with Gasteiger partial charge in [0.25, 0.3) is 0 Å². The number of aromatic nitrogens is 3. The molecule has 9 heteroatoms. The molecule has 1 amide bonds. The van der Waals surface area contributed by atoms with Gasteiger partial charge in [0.2, 0.25) is 15.9 Å². The fraction of sp³-hybridized carbons (Fsp3) is 0.0556. The van der Waals surface area contributed by atoms with Gasteiger partial charge >= 0.3 is 0 Å². The minimum Gasteiger partial charge on any atom is -0.322 e. The predicted molar refractivity (Wildman–Crippen MR) is 101 cm³/mol. The molecule has 1 aromatic heterocycles. The maximum atomic E-state index is 12.0. The van der Waals surface area contributed by atoms with Crippen molar-refractivity contribution in [3.8, 4) is 0 Å². The van der Waals surface area contributed by atoms with Gasteiger partial charge in [-0.25, -0.2) is 18.2 Å². The maximum Gasteiger partial charge on any atom is 0.248 e.